The number of hydrogen-bond acceptors (Lipinski definition) is 5. The Labute approximate surface area is 199 Å². The van der Waals surface area contributed by atoms with E-state index in [9.17, 15) is 10.1 Å². The van der Waals surface area contributed by atoms with Gasteiger partial charge in [0, 0.05) is 24.2 Å². The van der Waals surface area contributed by atoms with Crippen molar-refractivity contribution in [2.75, 3.05) is 13.7 Å². The zero-order chi connectivity index (χ0) is 24.2. The second-order valence-electron chi connectivity index (χ2n) is 9.96. The molecule has 0 radical (unpaired) electrons. The monoisotopic (exact) mass is 456 g/mol. The quantitative estimate of drug-likeness (QED) is 0.566. The molecule has 5 rings (SSSR count). The van der Waals surface area contributed by atoms with E-state index in [0.717, 1.165) is 34.7 Å². The first-order valence-corrected chi connectivity index (χ1v) is 11.5. The van der Waals surface area contributed by atoms with E-state index in [1.54, 1.807) is 17.0 Å². The molecule has 2 aliphatic heterocycles. The number of hydrogen-bond donors (Lipinski definition) is 0. The first-order valence-electron chi connectivity index (χ1n) is 11.5. The van der Waals surface area contributed by atoms with Gasteiger partial charge in [-0.3, -0.25) is 9.36 Å². The molecule has 0 saturated heterocycles. The van der Waals surface area contributed by atoms with Crippen LogP contribution in [0.25, 0.3) is 17.1 Å². The third kappa shape index (κ3) is 3.60. The fourth-order valence-corrected chi connectivity index (χ4v) is 4.38. The number of imidazole rings is 1. The minimum Gasteiger partial charge on any atom is -0.486 e. The lowest BCUT2D eigenvalue weighted by atomic mass is 9.98. The van der Waals surface area contributed by atoms with Crippen LogP contribution in [0.15, 0.2) is 36.4 Å². The van der Waals surface area contributed by atoms with Gasteiger partial charge in [-0.05, 0) is 76.4 Å². The summed E-state index contributed by atoms with van der Waals surface area (Å²) in [5.41, 5.74) is 4.50. The standard InChI is InChI=1S/C27H28N4O3/c1-16-15-33-22-12-19-10-11-20-24(26(32)30(5)27(2,3)4)29-25(18-8-6-17(14-28)7-9-18)31(20)21(19)13-23(22)34-16/h6-9,12-13,16H,10-11,15H2,1-5H3. The highest BCUT2D eigenvalue weighted by molar-refractivity contribution is 5.95. The zero-order valence-electron chi connectivity index (χ0n) is 20.2. The largest absolute Gasteiger partial charge is 0.486 e. The first-order chi connectivity index (χ1) is 16.2. The lowest BCUT2D eigenvalue weighted by molar-refractivity contribution is 0.0649. The van der Waals surface area contributed by atoms with Crippen molar-refractivity contribution in [3.8, 4) is 34.6 Å². The summed E-state index contributed by atoms with van der Waals surface area (Å²) < 4.78 is 14.0. The van der Waals surface area contributed by atoms with Crippen LogP contribution in [-0.4, -0.2) is 45.7 Å². The number of aryl methyl sites for hydroxylation is 1. The predicted octanol–water partition coefficient (Wildman–Crippen LogP) is 4.54. The number of benzene rings is 2. The van der Waals surface area contributed by atoms with E-state index < -0.39 is 0 Å². The Morgan fingerprint density at radius 3 is 2.59 bits per heavy atom. The molecule has 1 unspecified atom stereocenters. The van der Waals surface area contributed by atoms with Crippen LogP contribution >= 0.6 is 0 Å². The molecule has 0 spiro atoms. The lowest BCUT2D eigenvalue weighted by Gasteiger charge is -2.32. The smallest absolute Gasteiger partial charge is 0.274 e. The van der Waals surface area contributed by atoms with Crippen LogP contribution in [0.1, 0.15) is 55.0 Å². The van der Waals surface area contributed by atoms with Crippen molar-refractivity contribution in [1.29, 1.82) is 5.26 Å². The van der Waals surface area contributed by atoms with Gasteiger partial charge < -0.3 is 14.4 Å². The number of nitrogens with zero attached hydrogens (tertiary/aromatic N) is 4. The number of carbonyl (C=O) groups excluding carboxylic acids is 1. The average Bonchev–Trinajstić information content (AvgIpc) is 3.21. The molecule has 174 valence electrons. The molecular formula is C27H28N4O3. The molecule has 0 aliphatic carbocycles. The van der Waals surface area contributed by atoms with Crippen LogP contribution in [0.2, 0.25) is 0 Å². The van der Waals surface area contributed by atoms with Crippen LogP contribution in [0, 0.1) is 11.3 Å². The Morgan fingerprint density at radius 1 is 1.18 bits per heavy atom. The van der Waals surface area contributed by atoms with E-state index >= 15 is 0 Å². The van der Waals surface area contributed by atoms with Crippen molar-refractivity contribution in [2.24, 2.45) is 0 Å². The van der Waals surface area contributed by atoms with Crippen molar-refractivity contribution in [3.63, 3.8) is 0 Å². The number of rotatable bonds is 2. The van der Waals surface area contributed by atoms with Gasteiger partial charge in [-0.25, -0.2) is 4.98 Å². The first kappa shape index (κ1) is 22.0. The minimum absolute atomic E-state index is 0.0352. The number of ether oxygens (including phenoxy) is 2. The van der Waals surface area contributed by atoms with Crippen LogP contribution in [0.5, 0.6) is 11.5 Å². The van der Waals surface area contributed by atoms with Crippen molar-refractivity contribution in [3.05, 3.63) is 58.9 Å². The number of amides is 1. The molecule has 0 bridgehead atoms. The molecular weight excluding hydrogens is 428 g/mol. The summed E-state index contributed by atoms with van der Waals surface area (Å²) in [5.74, 6) is 2.02. The summed E-state index contributed by atoms with van der Waals surface area (Å²) in [5, 5.41) is 9.22. The highest BCUT2D eigenvalue weighted by atomic mass is 16.6. The lowest BCUT2D eigenvalue weighted by Crippen LogP contribution is -2.43. The molecule has 0 fully saturated rings. The van der Waals surface area contributed by atoms with Crippen molar-refractivity contribution >= 4 is 5.91 Å². The molecule has 3 aromatic rings. The van der Waals surface area contributed by atoms with Crippen LogP contribution in [0.3, 0.4) is 0 Å². The van der Waals surface area contributed by atoms with Gasteiger partial charge in [0.2, 0.25) is 0 Å². The maximum atomic E-state index is 13.6. The highest BCUT2D eigenvalue weighted by Gasteiger charge is 2.33. The van der Waals surface area contributed by atoms with E-state index in [1.165, 1.54) is 0 Å². The normalized spacial score (nSPS) is 16.3. The van der Waals surface area contributed by atoms with Crippen molar-refractivity contribution in [2.45, 2.75) is 52.2 Å². The van der Waals surface area contributed by atoms with Crippen LogP contribution < -0.4 is 9.47 Å². The summed E-state index contributed by atoms with van der Waals surface area (Å²) in [7, 11) is 1.81. The Balaban J connectivity index is 1.72. The van der Waals surface area contributed by atoms with Gasteiger partial charge in [-0.15, -0.1) is 0 Å². The van der Waals surface area contributed by atoms with Crippen molar-refractivity contribution in [1.82, 2.24) is 14.5 Å². The van der Waals surface area contributed by atoms with Gasteiger partial charge in [0.25, 0.3) is 5.91 Å². The fourth-order valence-electron chi connectivity index (χ4n) is 4.38. The Morgan fingerprint density at radius 2 is 1.91 bits per heavy atom. The summed E-state index contributed by atoms with van der Waals surface area (Å²) in [6.07, 6.45) is 1.43. The number of aromatic nitrogens is 2. The molecule has 3 heterocycles. The molecule has 2 aromatic carbocycles. The zero-order valence-corrected chi connectivity index (χ0v) is 20.2. The third-order valence-corrected chi connectivity index (χ3v) is 6.58. The Hall–Kier alpha value is -3.79. The predicted molar refractivity (Wildman–Crippen MR) is 129 cm³/mol. The van der Waals surface area contributed by atoms with Gasteiger partial charge in [0.05, 0.1) is 23.0 Å². The summed E-state index contributed by atoms with van der Waals surface area (Å²) in [6, 6.07) is 13.5. The second-order valence-corrected chi connectivity index (χ2v) is 9.96. The van der Waals surface area contributed by atoms with Gasteiger partial charge in [0.15, 0.2) is 17.2 Å². The summed E-state index contributed by atoms with van der Waals surface area (Å²) in [4.78, 5) is 20.2. The van der Waals surface area contributed by atoms with E-state index in [4.69, 9.17) is 14.5 Å². The maximum Gasteiger partial charge on any atom is 0.274 e. The molecule has 1 amide bonds. The van der Waals surface area contributed by atoms with E-state index in [0.29, 0.717) is 35.9 Å². The van der Waals surface area contributed by atoms with Gasteiger partial charge in [-0.1, -0.05) is 0 Å². The number of carbonyl (C=O) groups is 1. The SMILES string of the molecule is CC1COc2cc3c(cc2O1)-n1c(-c2ccc(C#N)cc2)nc(C(=O)N(C)C(C)(C)C)c1CC3. The van der Waals surface area contributed by atoms with Crippen LogP contribution in [0.4, 0.5) is 0 Å². The molecule has 7 heteroatoms. The molecule has 1 atom stereocenters. The molecule has 0 saturated carbocycles. The molecule has 1 aromatic heterocycles. The summed E-state index contributed by atoms with van der Waals surface area (Å²) in [6.45, 7) is 8.53. The topological polar surface area (TPSA) is 80.4 Å². The van der Waals surface area contributed by atoms with Gasteiger partial charge >= 0.3 is 0 Å². The van der Waals surface area contributed by atoms with E-state index in [-0.39, 0.29) is 17.6 Å². The molecule has 34 heavy (non-hydrogen) atoms. The number of nitriles is 1. The minimum atomic E-state index is -0.338. The second kappa shape index (κ2) is 7.91. The van der Waals surface area contributed by atoms with Crippen molar-refractivity contribution < 1.29 is 14.3 Å². The molecule has 0 N–H and O–H groups in total. The third-order valence-electron chi connectivity index (χ3n) is 6.58. The van der Waals surface area contributed by atoms with Crippen LogP contribution in [-0.2, 0) is 12.8 Å². The highest BCUT2D eigenvalue weighted by Crippen LogP contribution is 2.41. The fraction of sp³-hybridized carbons (Fsp3) is 0.370. The van der Waals surface area contributed by atoms with Gasteiger partial charge in [0.1, 0.15) is 18.5 Å². The summed E-state index contributed by atoms with van der Waals surface area (Å²) >= 11 is 0. The molecule has 2 aliphatic rings. The Kier molecular flexibility index (Phi) is 5.12. The van der Waals surface area contributed by atoms with Gasteiger partial charge in [-0.2, -0.15) is 5.26 Å². The maximum absolute atomic E-state index is 13.6. The van der Waals surface area contributed by atoms with E-state index in [2.05, 4.69) is 10.6 Å². The average molecular weight is 457 g/mol. The van der Waals surface area contributed by atoms with E-state index in [1.807, 2.05) is 59.0 Å². The molecule has 7 nitrogen and oxygen atoms in total. The Bertz CT molecular complexity index is 1330. The number of fused-ring (bicyclic) bond motifs is 4.